The Labute approximate surface area is 267 Å². The molecule has 0 unspecified atom stereocenters. The lowest BCUT2D eigenvalue weighted by Crippen LogP contribution is -2.59. The Bertz CT molecular complexity index is 1560. The molecule has 12 heteroatoms. The van der Waals surface area contributed by atoms with Gasteiger partial charge in [0.2, 0.25) is 5.78 Å². The number of nitrogens with zero attached hydrogens (tertiary/aromatic N) is 3. The number of aliphatic hydroxyl groups is 2. The molecule has 2 heterocycles. The summed E-state index contributed by atoms with van der Waals surface area (Å²) in [5, 5.41) is 28.0. The van der Waals surface area contributed by atoms with Gasteiger partial charge in [-0.05, 0) is 76.8 Å². The van der Waals surface area contributed by atoms with Crippen molar-refractivity contribution in [1.29, 1.82) is 0 Å². The fraction of sp³-hybridized carbons (Fsp3) is 0.618. The van der Waals surface area contributed by atoms with Crippen molar-refractivity contribution in [2.75, 3.05) is 40.4 Å². The van der Waals surface area contributed by atoms with Crippen LogP contribution in [0.3, 0.4) is 0 Å². The molecule has 0 amide bonds. The number of hydrogen-bond acceptors (Lipinski definition) is 10. The molecule has 2 N–H and O–H groups in total. The van der Waals surface area contributed by atoms with E-state index in [-0.39, 0.29) is 77.8 Å². The van der Waals surface area contributed by atoms with Crippen LogP contribution in [0.5, 0.6) is 11.6 Å². The highest BCUT2D eigenvalue weighted by atomic mass is 19.1. The van der Waals surface area contributed by atoms with Gasteiger partial charge in [0.1, 0.15) is 17.1 Å². The molecule has 1 aromatic heterocycles. The van der Waals surface area contributed by atoms with E-state index < -0.39 is 52.4 Å². The highest BCUT2D eigenvalue weighted by Crippen LogP contribution is 2.57. The van der Waals surface area contributed by atoms with Gasteiger partial charge in [-0.25, -0.2) is 8.78 Å². The maximum Gasteiger partial charge on any atom is 0.265 e. The summed E-state index contributed by atoms with van der Waals surface area (Å²) in [5.74, 6) is -6.22. The highest BCUT2D eigenvalue weighted by molar-refractivity contribution is 6.16. The molecule has 1 aromatic carbocycles. The van der Waals surface area contributed by atoms with Crippen molar-refractivity contribution in [3.8, 4) is 11.6 Å². The molecule has 1 aliphatic heterocycles. The van der Waals surface area contributed by atoms with Crippen LogP contribution in [0.15, 0.2) is 15.9 Å². The van der Waals surface area contributed by atoms with Crippen LogP contribution in [0.2, 0.25) is 0 Å². The second-order valence-electron chi connectivity index (χ2n) is 13.2. The molecule has 46 heavy (non-hydrogen) atoms. The predicted octanol–water partition coefficient (Wildman–Crippen LogP) is 5.32. The Balaban J connectivity index is 1.48. The lowest BCUT2D eigenvalue weighted by Gasteiger charge is -2.49. The number of fused-ring (bicyclic) bond motifs is 4. The minimum absolute atomic E-state index is 0.0367. The molecule has 3 aliphatic carbocycles. The minimum Gasteiger partial charge on any atom is -0.508 e. The van der Waals surface area contributed by atoms with E-state index in [0.717, 1.165) is 38.8 Å². The summed E-state index contributed by atoms with van der Waals surface area (Å²) in [6, 6.07) is -0.731. The number of unbranched alkanes of at least 4 members (excludes halogenated alkanes) is 2. The summed E-state index contributed by atoms with van der Waals surface area (Å²) in [4.78, 5) is 32.2. The normalized spacial score (nSPS) is 25.9. The van der Waals surface area contributed by atoms with Crippen molar-refractivity contribution in [3.63, 3.8) is 0 Å². The average Bonchev–Trinajstić information content (AvgIpc) is 3.69. The summed E-state index contributed by atoms with van der Waals surface area (Å²) in [6.07, 6.45) is 4.76. The maximum absolute atomic E-state index is 16.4. The molecule has 6 rings (SSSR count). The van der Waals surface area contributed by atoms with Gasteiger partial charge in [0.15, 0.2) is 28.7 Å². The summed E-state index contributed by atoms with van der Waals surface area (Å²) in [5.41, 5.74) is -3.23. The molecule has 4 atom stereocenters. The molecule has 0 saturated carbocycles. The number of ketones is 2. The number of carbonyl (C=O) groups is 2. The van der Waals surface area contributed by atoms with E-state index in [2.05, 4.69) is 5.16 Å². The Morgan fingerprint density at radius 3 is 2.37 bits per heavy atom. The molecular formula is C34H43F2N3O7. The third kappa shape index (κ3) is 5.04. The van der Waals surface area contributed by atoms with Crippen molar-refractivity contribution < 1.29 is 42.6 Å². The number of rotatable bonds is 11. The molecule has 0 radical (unpaired) electrons. The molecule has 0 bridgehead atoms. The first-order valence-electron chi connectivity index (χ1n) is 16.5. The standard InChI is InChI=1S/C34H43F2N3O7/c1-5-7-13-44-29-23-19(25(35)20(26(29)36)17-39-11-9-10-12-39)15-18-16-21-27(38(3)4)30-24(33(37-46-30)45-14-8-6-2)32(42)34(21,43)31(41)22(18)28(23)40/h18,21,27,41,43H,5-17H2,1-4H3/t18-,21-,27-,34-/m0/s1. The lowest BCUT2D eigenvalue weighted by molar-refractivity contribution is -0.0560. The lowest BCUT2D eigenvalue weighted by atomic mass is 9.58. The van der Waals surface area contributed by atoms with Crippen molar-refractivity contribution >= 4 is 11.6 Å². The number of Topliss-reactive ketones (excluding diaryl/α,β-unsaturated/α-hetero) is 2. The van der Waals surface area contributed by atoms with Crippen LogP contribution in [0.1, 0.15) is 102 Å². The first kappa shape index (κ1) is 32.6. The average molecular weight is 644 g/mol. The first-order valence-corrected chi connectivity index (χ1v) is 16.5. The van der Waals surface area contributed by atoms with Crippen LogP contribution < -0.4 is 9.47 Å². The summed E-state index contributed by atoms with van der Waals surface area (Å²) in [7, 11) is 3.49. The van der Waals surface area contributed by atoms with E-state index in [0.29, 0.717) is 12.8 Å². The number of ether oxygens (including phenoxy) is 2. The number of halogens is 2. The quantitative estimate of drug-likeness (QED) is 0.311. The van der Waals surface area contributed by atoms with Crippen molar-refractivity contribution in [2.24, 2.45) is 11.8 Å². The van der Waals surface area contributed by atoms with E-state index in [1.165, 1.54) is 0 Å². The number of allylic oxidation sites excluding steroid dienone is 1. The van der Waals surface area contributed by atoms with E-state index >= 15 is 8.78 Å². The van der Waals surface area contributed by atoms with Crippen LogP contribution in [0.4, 0.5) is 8.78 Å². The first-order chi connectivity index (χ1) is 22.1. The Morgan fingerprint density at radius 2 is 1.72 bits per heavy atom. The largest absolute Gasteiger partial charge is 0.508 e. The number of hydrogen-bond donors (Lipinski definition) is 2. The second-order valence-corrected chi connectivity index (χ2v) is 13.2. The zero-order chi connectivity index (χ0) is 32.9. The predicted molar refractivity (Wildman–Crippen MR) is 163 cm³/mol. The molecule has 2 aromatic rings. The van der Waals surface area contributed by atoms with Gasteiger partial charge in [-0.1, -0.05) is 26.7 Å². The second kappa shape index (κ2) is 12.7. The monoisotopic (exact) mass is 643 g/mol. The third-order valence-electron chi connectivity index (χ3n) is 10.1. The van der Waals surface area contributed by atoms with Gasteiger partial charge < -0.3 is 24.2 Å². The van der Waals surface area contributed by atoms with Crippen LogP contribution in [-0.4, -0.2) is 82.7 Å². The van der Waals surface area contributed by atoms with E-state index in [4.69, 9.17) is 14.0 Å². The maximum atomic E-state index is 16.4. The van der Waals surface area contributed by atoms with Crippen LogP contribution in [-0.2, 0) is 13.0 Å². The number of likely N-dealkylation sites (tertiary alicyclic amines) is 1. The van der Waals surface area contributed by atoms with Crippen LogP contribution >= 0.6 is 0 Å². The zero-order valence-electron chi connectivity index (χ0n) is 27.0. The molecule has 1 saturated heterocycles. The minimum atomic E-state index is -2.52. The number of aliphatic hydroxyl groups excluding tert-OH is 1. The van der Waals surface area contributed by atoms with Gasteiger partial charge in [-0.3, -0.25) is 19.4 Å². The SMILES string of the molecule is CCCCOc1noc2c1C(=O)[C@@]1(O)C(O)=C3C(=O)c4c(c(F)c(CN5CCCC5)c(F)c4OCCCC)C[C@H]3C[C@H]1[C@@H]2N(C)C. The van der Waals surface area contributed by atoms with Gasteiger partial charge in [0.05, 0.1) is 24.8 Å². The Kier molecular flexibility index (Phi) is 8.99. The molecule has 4 aliphatic rings. The molecular weight excluding hydrogens is 600 g/mol. The van der Waals surface area contributed by atoms with Crippen molar-refractivity contribution in [1.82, 2.24) is 15.0 Å². The molecule has 1 fully saturated rings. The Hall–Kier alpha value is -3.35. The van der Waals surface area contributed by atoms with Gasteiger partial charge in [0.25, 0.3) is 5.88 Å². The van der Waals surface area contributed by atoms with Gasteiger partial charge in [-0.2, -0.15) is 0 Å². The molecule has 250 valence electrons. The van der Waals surface area contributed by atoms with Gasteiger partial charge in [0, 0.05) is 29.2 Å². The summed E-state index contributed by atoms with van der Waals surface area (Å²) < 4.78 is 49.8. The Morgan fingerprint density at radius 1 is 1.04 bits per heavy atom. The third-order valence-corrected chi connectivity index (χ3v) is 10.1. The van der Waals surface area contributed by atoms with Gasteiger partial charge in [-0.15, -0.1) is 0 Å². The van der Waals surface area contributed by atoms with Crippen LogP contribution in [0.25, 0.3) is 0 Å². The molecule has 10 nitrogen and oxygen atoms in total. The fourth-order valence-electron chi connectivity index (χ4n) is 7.70. The summed E-state index contributed by atoms with van der Waals surface area (Å²) >= 11 is 0. The van der Waals surface area contributed by atoms with Gasteiger partial charge >= 0.3 is 0 Å². The van der Waals surface area contributed by atoms with Crippen LogP contribution in [0, 0.1) is 23.5 Å². The zero-order valence-corrected chi connectivity index (χ0v) is 27.0. The number of aromatic nitrogens is 1. The molecule has 0 spiro atoms. The van der Waals surface area contributed by atoms with E-state index in [1.807, 2.05) is 18.7 Å². The topological polar surface area (TPSA) is 126 Å². The van der Waals surface area contributed by atoms with Crippen molar-refractivity contribution in [3.05, 3.63) is 51.0 Å². The summed E-state index contributed by atoms with van der Waals surface area (Å²) in [6.45, 7) is 5.80. The number of benzene rings is 1. The van der Waals surface area contributed by atoms with E-state index in [1.54, 1.807) is 19.0 Å². The van der Waals surface area contributed by atoms with E-state index in [9.17, 15) is 19.8 Å². The number of carbonyl (C=O) groups excluding carboxylic acids is 2. The fourth-order valence-corrected chi connectivity index (χ4v) is 7.70. The van der Waals surface area contributed by atoms with Crippen molar-refractivity contribution in [2.45, 2.75) is 83.4 Å². The smallest absolute Gasteiger partial charge is 0.265 e. The highest BCUT2D eigenvalue weighted by Gasteiger charge is 2.64.